The van der Waals surface area contributed by atoms with Crippen molar-refractivity contribution < 1.29 is 13.2 Å². The third kappa shape index (κ3) is 2.80. The summed E-state index contributed by atoms with van der Waals surface area (Å²) in [6, 6.07) is 12.4. The largest absolute Gasteiger partial charge is 0.495 e. The van der Waals surface area contributed by atoms with Gasteiger partial charge in [0.15, 0.2) is 0 Å². The zero-order chi connectivity index (χ0) is 16.6. The lowest BCUT2D eigenvalue weighted by atomic mass is 10.0. The summed E-state index contributed by atoms with van der Waals surface area (Å²) >= 11 is 0. The number of ether oxygens (including phenoxy) is 1. The smallest absolute Gasteiger partial charge is 0.268 e. The van der Waals surface area contributed by atoms with Crippen molar-refractivity contribution in [3.8, 4) is 5.75 Å². The molecule has 0 bridgehead atoms. The van der Waals surface area contributed by atoms with Gasteiger partial charge in [0.2, 0.25) is 0 Å². The summed E-state index contributed by atoms with van der Waals surface area (Å²) in [6.07, 6.45) is 0.674. The Labute approximate surface area is 136 Å². The summed E-state index contributed by atoms with van der Waals surface area (Å²) in [5, 5.41) is 0. The number of rotatable bonds is 3. The van der Waals surface area contributed by atoms with Crippen molar-refractivity contribution in [1.82, 2.24) is 0 Å². The minimum Gasteiger partial charge on any atom is -0.495 e. The molecule has 0 aliphatic carbocycles. The summed E-state index contributed by atoms with van der Waals surface area (Å²) in [6.45, 7) is 2.12. The van der Waals surface area contributed by atoms with Gasteiger partial charge in [-0.05, 0) is 42.7 Å². The number of nitrogens with zero attached hydrogens (tertiary/aromatic N) is 1. The Balaban J connectivity index is 2.16. The van der Waals surface area contributed by atoms with Crippen LogP contribution in [0.15, 0.2) is 47.4 Å². The number of sulfonamides is 1. The molecule has 1 unspecified atom stereocenters. The summed E-state index contributed by atoms with van der Waals surface area (Å²) in [5.41, 5.74) is 8.58. The molecule has 2 aromatic rings. The van der Waals surface area contributed by atoms with E-state index in [1.54, 1.807) is 12.1 Å². The van der Waals surface area contributed by atoms with Crippen LogP contribution in [-0.4, -0.2) is 28.1 Å². The lowest BCUT2D eigenvalue weighted by molar-refractivity contribution is 0.402. The molecule has 0 amide bonds. The first-order valence-corrected chi connectivity index (χ1v) is 8.88. The van der Waals surface area contributed by atoms with Crippen molar-refractivity contribution in [2.75, 3.05) is 18.0 Å². The van der Waals surface area contributed by atoms with Gasteiger partial charge in [0.05, 0.1) is 12.8 Å². The van der Waals surface area contributed by atoms with E-state index in [9.17, 15) is 8.42 Å². The van der Waals surface area contributed by atoms with E-state index in [0.29, 0.717) is 17.9 Å². The second kappa shape index (κ2) is 5.86. The van der Waals surface area contributed by atoms with E-state index in [4.69, 9.17) is 10.5 Å². The molecular weight excluding hydrogens is 312 g/mol. The molecule has 0 spiro atoms. The van der Waals surface area contributed by atoms with Crippen molar-refractivity contribution in [1.29, 1.82) is 0 Å². The maximum Gasteiger partial charge on any atom is 0.268 e. The lowest BCUT2D eigenvalue weighted by Crippen LogP contribution is -2.46. The monoisotopic (exact) mass is 332 g/mol. The van der Waals surface area contributed by atoms with Crippen molar-refractivity contribution in [2.24, 2.45) is 5.73 Å². The molecule has 0 radical (unpaired) electrons. The van der Waals surface area contributed by atoms with Crippen LogP contribution in [-0.2, 0) is 16.4 Å². The van der Waals surface area contributed by atoms with Crippen LogP contribution in [0.2, 0.25) is 0 Å². The Kier molecular flexibility index (Phi) is 4.04. The Morgan fingerprint density at radius 1 is 1.22 bits per heavy atom. The molecule has 0 saturated carbocycles. The number of methoxy groups -OCH3 is 1. The number of hydrogen-bond acceptors (Lipinski definition) is 4. The van der Waals surface area contributed by atoms with Gasteiger partial charge in [0, 0.05) is 12.6 Å². The molecular formula is C17H20N2O3S. The lowest BCUT2D eigenvalue weighted by Gasteiger charge is -2.34. The number of aryl methyl sites for hydroxylation is 1. The number of nitrogens with two attached hydrogens (primary N) is 1. The molecule has 0 fully saturated rings. The maximum absolute atomic E-state index is 13.2. The highest BCUT2D eigenvalue weighted by atomic mass is 32.2. The molecule has 1 atom stereocenters. The number of hydrogen-bond donors (Lipinski definition) is 1. The first-order valence-electron chi connectivity index (χ1n) is 7.44. The van der Waals surface area contributed by atoms with E-state index in [1.807, 2.05) is 37.3 Å². The van der Waals surface area contributed by atoms with Gasteiger partial charge >= 0.3 is 0 Å². The minimum atomic E-state index is -3.75. The van der Waals surface area contributed by atoms with Gasteiger partial charge in [0.1, 0.15) is 10.6 Å². The third-order valence-electron chi connectivity index (χ3n) is 4.03. The van der Waals surface area contributed by atoms with Crippen molar-refractivity contribution >= 4 is 15.7 Å². The number of para-hydroxylation sites is 1. The highest BCUT2D eigenvalue weighted by molar-refractivity contribution is 7.93. The van der Waals surface area contributed by atoms with Gasteiger partial charge in [-0.1, -0.05) is 24.3 Å². The zero-order valence-electron chi connectivity index (χ0n) is 13.2. The minimum absolute atomic E-state index is 0.170. The Hall–Kier alpha value is -2.05. The fourth-order valence-corrected chi connectivity index (χ4v) is 4.72. The molecule has 2 aromatic carbocycles. The average Bonchev–Trinajstić information content (AvgIpc) is 2.54. The first-order chi connectivity index (χ1) is 10.9. The molecule has 2 N–H and O–H groups in total. The van der Waals surface area contributed by atoms with Crippen molar-refractivity contribution in [2.45, 2.75) is 24.3 Å². The maximum atomic E-state index is 13.2. The van der Waals surface area contributed by atoms with Gasteiger partial charge in [-0.3, -0.25) is 4.31 Å². The average molecular weight is 332 g/mol. The molecule has 0 aromatic heterocycles. The summed E-state index contributed by atoms with van der Waals surface area (Å²) in [5.74, 6) is 0.340. The van der Waals surface area contributed by atoms with Crippen LogP contribution in [0, 0.1) is 6.92 Å². The van der Waals surface area contributed by atoms with E-state index in [2.05, 4.69) is 0 Å². The van der Waals surface area contributed by atoms with Crippen LogP contribution < -0.4 is 14.8 Å². The number of fused-ring (bicyclic) bond motifs is 1. The summed E-state index contributed by atoms with van der Waals surface area (Å²) < 4.78 is 33.1. The molecule has 1 aliphatic heterocycles. The molecule has 5 nitrogen and oxygen atoms in total. The molecule has 6 heteroatoms. The van der Waals surface area contributed by atoms with Crippen LogP contribution in [0.4, 0.5) is 5.69 Å². The van der Waals surface area contributed by atoms with E-state index in [-0.39, 0.29) is 17.5 Å². The fourth-order valence-electron chi connectivity index (χ4n) is 2.92. The van der Waals surface area contributed by atoms with Crippen molar-refractivity contribution in [3.63, 3.8) is 0 Å². The highest BCUT2D eigenvalue weighted by Crippen LogP contribution is 2.34. The standard InChI is InChI=1S/C17H20N2O3S/c1-12-7-8-16(22-2)17(9-12)23(20,21)19-11-14(18)10-13-5-3-4-6-15(13)19/h3-9,14H,10-11,18H2,1-2H3. The summed E-state index contributed by atoms with van der Waals surface area (Å²) in [4.78, 5) is 0.170. The van der Waals surface area contributed by atoms with E-state index < -0.39 is 10.0 Å². The predicted octanol–water partition coefficient (Wildman–Crippen LogP) is 2.08. The van der Waals surface area contributed by atoms with Crippen LogP contribution in [0.1, 0.15) is 11.1 Å². The van der Waals surface area contributed by atoms with Gasteiger partial charge in [-0.25, -0.2) is 8.42 Å². The predicted molar refractivity (Wildman–Crippen MR) is 90.4 cm³/mol. The Morgan fingerprint density at radius 3 is 2.70 bits per heavy atom. The third-order valence-corrected chi connectivity index (χ3v) is 5.83. The van der Waals surface area contributed by atoms with E-state index in [0.717, 1.165) is 11.1 Å². The highest BCUT2D eigenvalue weighted by Gasteiger charge is 2.33. The van der Waals surface area contributed by atoms with Gasteiger partial charge in [0.25, 0.3) is 10.0 Å². The first kappa shape index (κ1) is 15.8. The molecule has 1 heterocycles. The molecule has 122 valence electrons. The topological polar surface area (TPSA) is 72.6 Å². The van der Waals surface area contributed by atoms with Crippen LogP contribution in [0.5, 0.6) is 5.75 Å². The second-order valence-corrected chi connectivity index (χ2v) is 7.61. The Bertz CT molecular complexity index is 833. The second-order valence-electron chi connectivity index (χ2n) is 5.78. The van der Waals surface area contributed by atoms with Crippen LogP contribution in [0.3, 0.4) is 0 Å². The SMILES string of the molecule is COc1ccc(C)cc1S(=O)(=O)N1CC(N)Cc2ccccc21. The van der Waals surface area contributed by atoms with Gasteiger partial charge in [-0.2, -0.15) is 0 Å². The number of anilines is 1. The van der Waals surface area contributed by atoms with Crippen LogP contribution in [0.25, 0.3) is 0 Å². The van der Waals surface area contributed by atoms with E-state index in [1.165, 1.54) is 11.4 Å². The molecule has 23 heavy (non-hydrogen) atoms. The van der Waals surface area contributed by atoms with Gasteiger partial charge in [-0.15, -0.1) is 0 Å². The van der Waals surface area contributed by atoms with Crippen LogP contribution >= 0.6 is 0 Å². The Morgan fingerprint density at radius 2 is 1.96 bits per heavy atom. The molecule has 0 saturated heterocycles. The fraction of sp³-hybridized carbons (Fsp3) is 0.294. The molecule has 1 aliphatic rings. The zero-order valence-corrected chi connectivity index (χ0v) is 14.0. The quantitative estimate of drug-likeness (QED) is 0.934. The molecule has 3 rings (SSSR count). The van der Waals surface area contributed by atoms with Gasteiger partial charge < -0.3 is 10.5 Å². The normalized spacial score (nSPS) is 17.7. The van der Waals surface area contributed by atoms with E-state index >= 15 is 0 Å². The number of benzene rings is 2. The van der Waals surface area contributed by atoms with Crippen molar-refractivity contribution in [3.05, 3.63) is 53.6 Å². The summed E-state index contributed by atoms with van der Waals surface area (Å²) in [7, 11) is -2.27.